The standard InChI is InChI=1S/C12H18N2O3/c1-8(4-6-15)7-14-12(17)10-9(2)3-5-13-11(10)16/h3,5,8,15H,4,6-7H2,1-2H3,(H,13,16)(H,14,17). The molecule has 1 rings (SSSR count). The van der Waals surface area contributed by atoms with Crippen LogP contribution in [0, 0.1) is 12.8 Å². The molecule has 1 aromatic rings. The van der Waals surface area contributed by atoms with E-state index in [1.807, 2.05) is 6.92 Å². The first kappa shape index (κ1) is 13.4. The molecule has 0 spiro atoms. The lowest BCUT2D eigenvalue weighted by atomic mass is 10.1. The summed E-state index contributed by atoms with van der Waals surface area (Å²) in [5.41, 5.74) is 0.432. The maximum absolute atomic E-state index is 11.8. The molecule has 0 aromatic carbocycles. The molecule has 94 valence electrons. The van der Waals surface area contributed by atoms with Crippen molar-refractivity contribution in [2.75, 3.05) is 13.2 Å². The molecule has 1 amide bonds. The van der Waals surface area contributed by atoms with Crippen molar-refractivity contribution in [1.29, 1.82) is 0 Å². The van der Waals surface area contributed by atoms with Gasteiger partial charge in [0, 0.05) is 19.3 Å². The Morgan fingerprint density at radius 2 is 2.29 bits per heavy atom. The summed E-state index contributed by atoms with van der Waals surface area (Å²) in [7, 11) is 0. The average Bonchev–Trinajstić information content (AvgIpc) is 2.26. The highest BCUT2D eigenvalue weighted by molar-refractivity contribution is 5.95. The molecule has 0 saturated carbocycles. The molecule has 1 heterocycles. The smallest absolute Gasteiger partial charge is 0.261 e. The quantitative estimate of drug-likeness (QED) is 0.695. The van der Waals surface area contributed by atoms with Gasteiger partial charge in [-0.15, -0.1) is 0 Å². The highest BCUT2D eigenvalue weighted by Crippen LogP contribution is 2.02. The lowest BCUT2D eigenvalue weighted by Gasteiger charge is -2.11. The van der Waals surface area contributed by atoms with Gasteiger partial charge in [-0.2, -0.15) is 0 Å². The summed E-state index contributed by atoms with van der Waals surface area (Å²) >= 11 is 0. The van der Waals surface area contributed by atoms with Crippen LogP contribution in [0.1, 0.15) is 29.3 Å². The highest BCUT2D eigenvalue weighted by atomic mass is 16.3. The van der Waals surface area contributed by atoms with E-state index in [1.54, 1.807) is 13.0 Å². The SMILES string of the molecule is Cc1cc[nH]c(=O)c1C(=O)NCC(C)CCO. The molecule has 0 aliphatic rings. The molecule has 0 bridgehead atoms. The Balaban J connectivity index is 2.68. The predicted molar refractivity (Wildman–Crippen MR) is 65.0 cm³/mol. The summed E-state index contributed by atoms with van der Waals surface area (Å²) in [6.45, 7) is 4.20. The zero-order valence-electron chi connectivity index (χ0n) is 10.1. The van der Waals surface area contributed by atoms with Gasteiger partial charge in [-0.3, -0.25) is 9.59 Å². The fraction of sp³-hybridized carbons (Fsp3) is 0.500. The van der Waals surface area contributed by atoms with E-state index in [0.717, 1.165) is 0 Å². The topological polar surface area (TPSA) is 82.2 Å². The number of aliphatic hydroxyl groups excluding tert-OH is 1. The van der Waals surface area contributed by atoms with Crippen LogP contribution >= 0.6 is 0 Å². The van der Waals surface area contributed by atoms with Crippen LogP contribution in [0.25, 0.3) is 0 Å². The zero-order chi connectivity index (χ0) is 12.8. The first-order valence-corrected chi connectivity index (χ1v) is 5.63. The zero-order valence-corrected chi connectivity index (χ0v) is 10.1. The number of H-pyrrole nitrogens is 1. The lowest BCUT2D eigenvalue weighted by Crippen LogP contribution is -2.33. The van der Waals surface area contributed by atoms with Gasteiger partial charge < -0.3 is 15.4 Å². The molecule has 0 saturated heterocycles. The normalized spacial score (nSPS) is 12.2. The van der Waals surface area contributed by atoms with E-state index in [0.29, 0.717) is 18.5 Å². The number of pyridine rings is 1. The lowest BCUT2D eigenvalue weighted by molar-refractivity contribution is 0.0943. The molecule has 17 heavy (non-hydrogen) atoms. The van der Waals surface area contributed by atoms with Crippen molar-refractivity contribution >= 4 is 5.91 Å². The van der Waals surface area contributed by atoms with Crippen LogP contribution in [0.15, 0.2) is 17.1 Å². The minimum absolute atomic E-state index is 0.0992. The van der Waals surface area contributed by atoms with Crippen LogP contribution in [-0.2, 0) is 0 Å². The number of rotatable bonds is 5. The summed E-state index contributed by atoms with van der Waals surface area (Å²) in [6, 6.07) is 1.69. The molecule has 1 atom stereocenters. The van der Waals surface area contributed by atoms with E-state index in [-0.39, 0.29) is 29.6 Å². The Morgan fingerprint density at radius 3 is 2.88 bits per heavy atom. The Hall–Kier alpha value is -1.62. The van der Waals surface area contributed by atoms with Crippen LogP contribution in [-0.4, -0.2) is 29.1 Å². The minimum atomic E-state index is -0.377. The highest BCUT2D eigenvalue weighted by Gasteiger charge is 2.13. The molecule has 0 fully saturated rings. The third-order valence-corrected chi connectivity index (χ3v) is 2.63. The van der Waals surface area contributed by atoms with Gasteiger partial charge in [0.25, 0.3) is 11.5 Å². The second-order valence-corrected chi connectivity index (χ2v) is 4.19. The second kappa shape index (κ2) is 6.20. The predicted octanol–water partition coefficient (Wildman–Crippen LogP) is 0.432. The van der Waals surface area contributed by atoms with Gasteiger partial charge in [0.1, 0.15) is 5.56 Å². The number of hydrogen-bond donors (Lipinski definition) is 3. The van der Waals surface area contributed by atoms with Gasteiger partial charge in [0.2, 0.25) is 0 Å². The molecule has 0 aliphatic carbocycles. The van der Waals surface area contributed by atoms with Crippen molar-refractivity contribution in [2.24, 2.45) is 5.92 Å². The molecule has 5 nitrogen and oxygen atoms in total. The van der Waals surface area contributed by atoms with Crippen molar-refractivity contribution in [3.05, 3.63) is 33.7 Å². The number of aliphatic hydroxyl groups is 1. The van der Waals surface area contributed by atoms with Gasteiger partial charge in [0.05, 0.1) is 0 Å². The number of carbonyl (C=O) groups is 1. The van der Waals surface area contributed by atoms with Crippen molar-refractivity contribution in [3.63, 3.8) is 0 Å². The number of aromatic nitrogens is 1. The summed E-state index contributed by atoms with van der Waals surface area (Å²) < 4.78 is 0. The number of aryl methyl sites for hydroxylation is 1. The summed E-state index contributed by atoms with van der Waals surface area (Å²) in [6.07, 6.45) is 2.15. The van der Waals surface area contributed by atoms with Crippen LogP contribution in [0.2, 0.25) is 0 Å². The van der Waals surface area contributed by atoms with E-state index in [2.05, 4.69) is 10.3 Å². The number of carbonyl (C=O) groups excluding carboxylic acids is 1. The number of hydrogen-bond acceptors (Lipinski definition) is 3. The average molecular weight is 238 g/mol. The summed E-state index contributed by atoms with van der Waals surface area (Å²) in [5, 5.41) is 11.4. The third kappa shape index (κ3) is 3.71. The fourth-order valence-corrected chi connectivity index (χ4v) is 1.54. The van der Waals surface area contributed by atoms with Crippen LogP contribution in [0.4, 0.5) is 0 Å². The summed E-state index contributed by atoms with van der Waals surface area (Å²) in [5.74, 6) is -0.179. The first-order valence-electron chi connectivity index (χ1n) is 5.63. The number of aromatic amines is 1. The monoisotopic (exact) mass is 238 g/mol. The molecular weight excluding hydrogens is 220 g/mol. The van der Waals surface area contributed by atoms with Crippen molar-refractivity contribution in [3.8, 4) is 0 Å². The minimum Gasteiger partial charge on any atom is -0.396 e. The third-order valence-electron chi connectivity index (χ3n) is 2.63. The molecule has 3 N–H and O–H groups in total. The Labute approximate surface area is 99.9 Å². The van der Waals surface area contributed by atoms with Crippen molar-refractivity contribution in [2.45, 2.75) is 20.3 Å². The maximum atomic E-state index is 11.8. The van der Waals surface area contributed by atoms with Crippen LogP contribution < -0.4 is 10.9 Å². The number of nitrogens with one attached hydrogen (secondary N) is 2. The van der Waals surface area contributed by atoms with Gasteiger partial charge in [-0.25, -0.2) is 0 Å². The van der Waals surface area contributed by atoms with Crippen LogP contribution in [0.5, 0.6) is 0 Å². The molecule has 5 heteroatoms. The van der Waals surface area contributed by atoms with Crippen LogP contribution in [0.3, 0.4) is 0 Å². The van der Waals surface area contributed by atoms with Crippen molar-refractivity contribution < 1.29 is 9.90 Å². The molecular formula is C12H18N2O3. The largest absolute Gasteiger partial charge is 0.396 e. The first-order chi connectivity index (χ1) is 8.06. The van der Waals surface area contributed by atoms with Gasteiger partial charge in [0.15, 0.2) is 0 Å². The van der Waals surface area contributed by atoms with E-state index >= 15 is 0 Å². The summed E-state index contributed by atoms with van der Waals surface area (Å²) in [4.78, 5) is 25.8. The fourth-order valence-electron chi connectivity index (χ4n) is 1.54. The Bertz CT molecular complexity index is 440. The second-order valence-electron chi connectivity index (χ2n) is 4.19. The van der Waals surface area contributed by atoms with Crippen molar-refractivity contribution in [1.82, 2.24) is 10.3 Å². The van der Waals surface area contributed by atoms with E-state index < -0.39 is 0 Å². The van der Waals surface area contributed by atoms with E-state index in [9.17, 15) is 9.59 Å². The molecule has 0 aliphatic heterocycles. The molecule has 0 radical (unpaired) electrons. The van der Waals surface area contributed by atoms with E-state index in [1.165, 1.54) is 6.20 Å². The molecule has 1 unspecified atom stereocenters. The number of amides is 1. The van der Waals surface area contributed by atoms with Gasteiger partial charge in [-0.1, -0.05) is 6.92 Å². The van der Waals surface area contributed by atoms with E-state index in [4.69, 9.17) is 5.11 Å². The Kier molecular flexibility index (Phi) is 4.90. The maximum Gasteiger partial charge on any atom is 0.261 e. The van der Waals surface area contributed by atoms with Gasteiger partial charge >= 0.3 is 0 Å². The molecule has 1 aromatic heterocycles. The van der Waals surface area contributed by atoms with Gasteiger partial charge in [-0.05, 0) is 30.9 Å². The Morgan fingerprint density at radius 1 is 1.59 bits per heavy atom.